The topological polar surface area (TPSA) is 38.5 Å². The van der Waals surface area contributed by atoms with E-state index in [4.69, 9.17) is 10.5 Å². The number of hydrogen-bond donors (Lipinski definition) is 1. The number of nitrogens with two attached hydrogens (primary N) is 1. The van der Waals surface area contributed by atoms with Crippen LogP contribution in [0.2, 0.25) is 0 Å². The Morgan fingerprint density at radius 2 is 2.24 bits per heavy atom. The summed E-state index contributed by atoms with van der Waals surface area (Å²) in [5.41, 5.74) is 7.07. The van der Waals surface area contributed by atoms with Gasteiger partial charge in [0, 0.05) is 24.7 Å². The highest BCUT2D eigenvalue weighted by molar-refractivity contribution is 5.33. The van der Waals surface area contributed by atoms with Crippen molar-refractivity contribution in [3.8, 4) is 5.75 Å². The van der Waals surface area contributed by atoms with Crippen LogP contribution < -0.4 is 10.5 Å². The number of rotatable bonds is 4. The van der Waals surface area contributed by atoms with Gasteiger partial charge in [-0.1, -0.05) is 18.2 Å². The standard InChI is InChI=1S/C14H22N2O/c1-12(15)5-4-8-16-9-10-17-14-7-3-2-6-13(14)11-16/h2-3,6-7,12H,4-5,8-11,15H2,1H3. The van der Waals surface area contributed by atoms with E-state index in [-0.39, 0.29) is 0 Å². The molecule has 1 aromatic rings. The number of nitrogens with zero attached hydrogens (tertiary/aromatic N) is 1. The van der Waals surface area contributed by atoms with E-state index in [9.17, 15) is 0 Å². The van der Waals surface area contributed by atoms with Crippen molar-refractivity contribution in [1.29, 1.82) is 0 Å². The molecule has 2 rings (SSSR count). The number of ether oxygens (including phenoxy) is 1. The van der Waals surface area contributed by atoms with Gasteiger partial charge in [-0.15, -0.1) is 0 Å². The van der Waals surface area contributed by atoms with Crippen molar-refractivity contribution in [3.63, 3.8) is 0 Å². The number of hydrogen-bond acceptors (Lipinski definition) is 3. The molecule has 1 heterocycles. The van der Waals surface area contributed by atoms with E-state index in [0.717, 1.165) is 38.4 Å². The van der Waals surface area contributed by atoms with Gasteiger partial charge in [0.25, 0.3) is 0 Å². The molecule has 3 nitrogen and oxygen atoms in total. The quantitative estimate of drug-likeness (QED) is 0.866. The van der Waals surface area contributed by atoms with Crippen LogP contribution in [0, 0.1) is 0 Å². The van der Waals surface area contributed by atoms with Crippen molar-refractivity contribution >= 4 is 0 Å². The first-order valence-electron chi connectivity index (χ1n) is 6.44. The minimum Gasteiger partial charge on any atom is -0.492 e. The third-order valence-corrected chi connectivity index (χ3v) is 3.17. The zero-order valence-electron chi connectivity index (χ0n) is 10.6. The van der Waals surface area contributed by atoms with Gasteiger partial charge in [-0.05, 0) is 32.4 Å². The second-order valence-corrected chi connectivity index (χ2v) is 4.85. The summed E-state index contributed by atoms with van der Waals surface area (Å²) in [5, 5.41) is 0. The molecule has 0 bridgehead atoms. The molecule has 0 aromatic heterocycles. The van der Waals surface area contributed by atoms with Gasteiger partial charge in [-0.25, -0.2) is 0 Å². The van der Waals surface area contributed by atoms with E-state index in [1.165, 1.54) is 12.0 Å². The van der Waals surface area contributed by atoms with Crippen LogP contribution in [0.3, 0.4) is 0 Å². The van der Waals surface area contributed by atoms with Crippen LogP contribution in [-0.4, -0.2) is 30.6 Å². The molecule has 1 aromatic carbocycles. The van der Waals surface area contributed by atoms with E-state index < -0.39 is 0 Å². The smallest absolute Gasteiger partial charge is 0.123 e. The van der Waals surface area contributed by atoms with Crippen LogP contribution in [-0.2, 0) is 6.54 Å². The van der Waals surface area contributed by atoms with E-state index in [0.29, 0.717) is 6.04 Å². The summed E-state index contributed by atoms with van der Waals surface area (Å²) in [5.74, 6) is 1.04. The summed E-state index contributed by atoms with van der Waals surface area (Å²) < 4.78 is 5.74. The minimum atomic E-state index is 0.311. The number of fused-ring (bicyclic) bond motifs is 1. The van der Waals surface area contributed by atoms with Crippen molar-refractivity contribution in [2.24, 2.45) is 5.73 Å². The van der Waals surface area contributed by atoms with Crippen molar-refractivity contribution in [3.05, 3.63) is 29.8 Å². The highest BCUT2D eigenvalue weighted by atomic mass is 16.5. The lowest BCUT2D eigenvalue weighted by molar-refractivity contribution is 0.221. The number of para-hydroxylation sites is 1. The summed E-state index contributed by atoms with van der Waals surface area (Å²) in [6.07, 6.45) is 2.26. The van der Waals surface area contributed by atoms with E-state index in [1.807, 2.05) is 6.07 Å². The summed E-state index contributed by atoms with van der Waals surface area (Å²) in [6.45, 7) is 5.97. The second-order valence-electron chi connectivity index (χ2n) is 4.85. The fourth-order valence-corrected chi connectivity index (χ4v) is 2.21. The maximum Gasteiger partial charge on any atom is 0.123 e. The molecule has 0 saturated heterocycles. The monoisotopic (exact) mass is 234 g/mol. The Kier molecular flexibility index (Phi) is 4.40. The summed E-state index contributed by atoms with van der Waals surface area (Å²) in [4.78, 5) is 2.45. The molecule has 3 heteroatoms. The second kappa shape index (κ2) is 6.03. The predicted octanol–water partition coefficient (Wildman–Crippen LogP) is 2.01. The zero-order chi connectivity index (χ0) is 12.1. The fourth-order valence-electron chi connectivity index (χ4n) is 2.21. The van der Waals surface area contributed by atoms with Gasteiger partial charge in [0.15, 0.2) is 0 Å². The predicted molar refractivity (Wildman–Crippen MR) is 70.1 cm³/mol. The molecule has 0 radical (unpaired) electrons. The molecule has 0 amide bonds. The van der Waals surface area contributed by atoms with Gasteiger partial charge in [0.1, 0.15) is 12.4 Å². The van der Waals surface area contributed by atoms with E-state index in [1.54, 1.807) is 0 Å². The first kappa shape index (κ1) is 12.4. The van der Waals surface area contributed by atoms with Crippen molar-refractivity contribution in [1.82, 2.24) is 4.90 Å². The third-order valence-electron chi connectivity index (χ3n) is 3.17. The van der Waals surface area contributed by atoms with Crippen molar-refractivity contribution in [2.45, 2.75) is 32.4 Å². The Hall–Kier alpha value is -1.06. The van der Waals surface area contributed by atoms with Gasteiger partial charge < -0.3 is 10.5 Å². The SMILES string of the molecule is CC(N)CCCN1CCOc2ccccc2C1. The minimum absolute atomic E-state index is 0.311. The summed E-state index contributed by atoms with van der Waals surface area (Å²) >= 11 is 0. The Morgan fingerprint density at radius 3 is 3.06 bits per heavy atom. The molecule has 1 aliphatic rings. The average molecular weight is 234 g/mol. The Morgan fingerprint density at radius 1 is 1.41 bits per heavy atom. The van der Waals surface area contributed by atoms with Crippen LogP contribution >= 0.6 is 0 Å². The molecule has 1 atom stereocenters. The summed E-state index contributed by atoms with van der Waals surface area (Å²) in [7, 11) is 0. The molecular weight excluding hydrogens is 212 g/mol. The maximum absolute atomic E-state index is 5.77. The number of benzene rings is 1. The Labute approximate surface area is 104 Å². The van der Waals surface area contributed by atoms with Crippen LogP contribution in [0.5, 0.6) is 5.75 Å². The molecule has 0 fully saturated rings. The zero-order valence-corrected chi connectivity index (χ0v) is 10.6. The maximum atomic E-state index is 5.77. The Balaban J connectivity index is 1.89. The Bertz CT molecular complexity index is 352. The molecule has 0 saturated carbocycles. The fraction of sp³-hybridized carbons (Fsp3) is 0.571. The highest BCUT2D eigenvalue weighted by Crippen LogP contribution is 2.22. The molecule has 1 aliphatic heterocycles. The molecule has 1 unspecified atom stereocenters. The molecular formula is C14H22N2O. The lowest BCUT2D eigenvalue weighted by Crippen LogP contribution is -2.28. The molecule has 17 heavy (non-hydrogen) atoms. The van der Waals surface area contributed by atoms with Crippen molar-refractivity contribution < 1.29 is 4.74 Å². The lowest BCUT2D eigenvalue weighted by atomic mass is 10.1. The molecule has 2 N–H and O–H groups in total. The molecule has 0 aliphatic carbocycles. The lowest BCUT2D eigenvalue weighted by Gasteiger charge is -2.19. The highest BCUT2D eigenvalue weighted by Gasteiger charge is 2.14. The average Bonchev–Trinajstić information content (AvgIpc) is 2.50. The third kappa shape index (κ3) is 3.72. The van der Waals surface area contributed by atoms with Crippen LogP contribution in [0.1, 0.15) is 25.3 Å². The van der Waals surface area contributed by atoms with Crippen LogP contribution in [0.25, 0.3) is 0 Å². The van der Waals surface area contributed by atoms with Gasteiger partial charge in [0.2, 0.25) is 0 Å². The molecule has 0 spiro atoms. The largest absolute Gasteiger partial charge is 0.492 e. The summed E-state index contributed by atoms with van der Waals surface area (Å²) in [6, 6.07) is 8.63. The van der Waals surface area contributed by atoms with Gasteiger partial charge in [-0.2, -0.15) is 0 Å². The van der Waals surface area contributed by atoms with Crippen LogP contribution in [0.4, 0.5) is 0 Å². The van der Waals surface area contributed by atoms with E-state index in [2.05, 4.69) is 30.0 Å². The van der Waals surface area contributed by atoms with E-state index >= 15 is 0 Å². The van der Waals surface area contributed by atoms with Crippen LogP contribution in [0.15, 0.2) is 24.3 Å². The van der Waals surface area contributed by atoms with Gasteiger partial charge in [0.05, 0.1) is 0 Å². The first-order valence-corrected chi connectivity index (χ1v) is 6.44. The molecule has 94 valence electrons. The van der Waals surface area contributed by atoms with Gasteiger partial charge >= 0.3 is 0 Å². The van der Waals surface area contributed by atoms with Gasteiger partial charge in [-0.3, -0.25) is 4.90 Å². The first-order chi connectivity index (χ1) is 8.25. The normalized spacial score (nSPS) is 18.0. The van der Waals surface area contributed by atoms with Crippen molar-refractivity contribution in [2.75, 3.05) is 19.7 Å².